The molecule has 0 radical (unpaired) electrons. The maximum Gasteiger partial charge on any atom is 0.114 e. The topological polar surface area (TPSA) is 62.1 Å². The summed E-state index contributed by atoms with van der Waals surface area (Å²) in [7, 11) is 0. The summed E-state index contributed by atoms with van der Waals surface area (Å²) in [6.45, 7) is 2.80. The summed E-state index contributed by atoms with van der Waals surface area (Å²) in [6, 6.07) is 1.97. The standard InChI is InChI=1S/C13H15BrN4O2/c14-11-5-10(6-15-7-11)13-8-18(17-16-13)2-4-20-12-1-3-19-9-12/h5-8,12H,1-4,9H2. The van der Waals surface area contributed by atoms with Gasteiger partial charge >= 0.3 is 0 Å². The highest BCUT2D eigenvalue weighted by molar-refractivity contribution is 9.10. The molecular weight excluding hydrogens is 324 g/mol. The Kier molecular flexibility index (Phi) is 4.39. The average Bonchev–Trinajstić information content (AvgIpc) is 3.10. The Balaban J connectivity index is 1.56. The van der Waals surface area contributed by atoms with Gasteiger partial charge in [0.15, 0.2) is 0 Å². The van der Waals surface area contributed by atoms with Crippen molar-refractivity contribution in [3.05, 3.63) is 29.1 Å². The van der Waals surface area contributed by atoms with Gasteiger partial charge < -0.3 is 9.47 Å². The Morgan fingerprint density at radius 2 is 2.40 bits per heavy atom. The molecule has 0 aromatic carbocycles. The van der Waals surface area contributed by atoms with Crippen LogP contribution in [0, 0.1) is 0 Å². The van der Waals surface area contributed by atoms with E-state index in [1.807, 2.05) is 12.3 Å². The second-order valence-electron chi connectivity index (χ2n) is 4.62. The van der Waals surface area contributed by atoms with Gasteiger partial charge in [-0.25, -0.2) is 4.68 Å². The average molecular weight is 339 g/mol. The molecule has 20 heavy (non-hydrogen) atoms. The Bertz CT molecular complexity index is 569. The molecule has 0 N–H and O–H groups in total. The van der Waals surface area contributed by atoms with Crippen LogP contribution in [-0.2, 0) is 16.0 Å². The normalized spacial score (nSPS) is 18.6. The largest absolute Gasteiger partial charge is 0.379 e. The van der Waals surface area contributed by atoms with Gasteiger partial charge in [0.25, 0.3) is 0 Å². The van der Waals surface area contributed by atoms with E-state index in [-0.39, 0.29) is 6.10 Å². The quantitative estimate of drug-likeness (QED) is 0.833. The minimum Gasteiger partial charge on any atom is -0.379 e. The van der Waals surface area contributed by atoms with Crippen molar-refractivity contribution < 1.29 is 9.47 Å². The second kappa shape index (κ2) is 6.43. The highest BCUT2D eigenvalue weighted by Crippen LogP contribution is 2.19. The number of aromatic nitrogens is 4. The smallest absolute Gasteiger partial charge is 0.114 e. The van der Waals surface area contributed by atoms with Crippen molar-refractivity contribution in [2.45, 2.75) is 19.1 Å². The van der Waals surface area contributed by atoms with Crippen molar-refractivity contribution in [2.24, 2.45) is 0 Å². The lowest BCUT2D eigenvalue weighted by atomic mass is 10.2. The van der Waals surface area contributed by atoms with Crippen LogP contribution in [0.4, 0.5) is 0 Å². The summed E-state index contributed by atoms with van der Waals surface area (Å²) in [5, 5.41) is 8.25. The first kappa shape index (κ1) is 13.7. The summed E-state index contributed by atoms with van der Waals surface area (Å²) in [5.74, 6) is 0. The van der Waals surface area contributed by atoms with E-state index < -0.39 is 0 Å². The number of hydrogen-bond acceptors (Lipinski definition) is 5. The van der Waals surface area contributed by atoms with E-state index >= 15 is 0 Å². The van der Waals surface area contributed by atoms with E-state index in [1.54, 1.807) is 17.1 Å². The maximum atomic E-state index is 5.71. The third kappa shape index (κ3) is 3.41. The fraction of sp³-hybridized carbons (Fsp3) is 0.462. The predicted octanol–water partition coefficient (Wildman–Crippen LogP) is 1.91. The second-order valence-corrected chi connectivity index (χ2v) is 5.53. The van der Waals surface area contributed by atoms with E-state index in [9.17, 15) is 0 Å². The fourth-order valence-electron chi connectivity index (χ4n) is 2.05. The lowest BCUT2D eigenvalue weighted by Crippen LogP contribution is -2.16. The Morgan fingerprint density at radius 1 is 1.45 bits per heavy atom. The van der Waals surface area contributed by atoms with Gasteiger partial charge in [-0.1, -0.05) is 5.21 Å². The van der Waals surface area contributed by atoms with E-state index in [2.05, 4.69) is 31.2 Å². The summed E-state index contributed by atoms with van der Waals surface area (Å²) in [4.78, 5) is 4.12. The molecule has 7 heteroatoms. The zero-order chi connectivity index (χ0) is 13.8. The van der Waals surface area contributed by atoms with Crippen LogP contribution in [0.1, 0.15) is 6.42 Å². The van der Waals surface area contributed by atoms with Gasteiger partial charge in [0.1, 0.15) is 5.69 Å². The summed E-state index contributed by atoms with van der Waals surface area (Å²) in [5.41, 5.74) is 1.75. The van der Waals surface area contributed by atoms with Crippen LogP contribution >= 0.6 is 15.9 Å². The molecular formula is C13H15BrN4O2. The number of halogens is 1. The molecule has 1 saturated heterocycles. The Morgan fingerprint density at radius 3 is 3.20 bits per heavy atom. The maximum absolute atomic E-state index is 5.71. The fourth-order valence-corrected chi connectivity index (χ4v) is 2.41. The van der Waals surface area contributed by atoms with Gasteiger partial charge in [-0.05, 0) is 28.4 Å². The van der Waals surface area contributed by atoms with E-state index in [1.165, 1.54) is 0 Å². The summed E-state index contributed by atoms with van der Waals surface area (Å²) in [6.07, 6.45) is 6.62. The molecule has 1 aliphatic rings. The van der Waals surface area contributed by atoms with Crippen LogP contribution < -0.4 is 0 Å². The number of hydrogen-bond donors (Lipinski definition) is 0. The van der Waals surface area contributed by atoms with E-state index in [0.29, 0.717) is 19.8 Å². The molecule has 0 bridgehead atoms. The first-order valence-electron chi connectivity index (χ1n) is 6.52. The third-order valence-corrected chi connectivity index (χ3v) is 3.53. The molecule has 2 aromatic rings. The molecule has 0 amide bonds. The summed E-state index contributed by atoms with van der Waals surface area (Å²) >= 11 is 3.40. The van der Waals surface area contributed by atoms with Gasteiger partial charge in [0.2, 0.25) is 0 Å². The highest BCUT2D eigenvalue weighted by Gasteiger charge is 2.15. The monoisotopic (exact) mass is 338 g/mol. The van der Waals surface area contributed by atoms with Gasteiger partial charge in [-0.15, -0.1) is 5.10 Å². The molecule has 0 saturated carbocycles. The minimum atomic E-state index is 0.229. The van der Waals surface area contributed by atoms with Crippen molar-refractivity contribution in [3.63, 3.8) is 0 Å². The molecule has 0 aliphatic carbocycles. The SMILES string of the molecule is Brc1cncc(-c2cn(CCOC3CCOC3)nn2)c1. The van der Waals surface area contributed by atoms with Gasteiger partial charge in [-0.2, -0.15) is 0 Å². The van der Waals surface area contributed by atoms with Crippen LogP contribution in [0.25, 0.3) is 11.3 Å². The van der Waals surface area contributed by atoms with Crippen LogP contribution in [0.15, 0.2) is 29.1 Å². The van der Waals surface area contributed by atoms with Crippen molar-refractivity contribution >= 4 is 15.9 Å². The van der Waals surface area contributed by atoms with Gasteiger partial charge in [0, 0.05) is 29.0 Å². The molecule has 1 aliphatic heterocycles. The molecule has 1 unspecified atom stereocenters. The number of rotatable bonds is 5. The molecule has 2 aromatic heterocycles. The lowest BCUT2D eigenvalue weighted by molar-refractivity contribution is 0.0369. The molecule has 3 rings (SSSR count). The highest BCUT2D eigenvalue weighted by atomic mass is 79.9. The van der Waals surface area contributed by atoms with E-state index in [0.717, 1.165) is 28.8 Å². The molecule has 6 nitrogen and oxygen atoms in total. The summed E-state index contributed by atoms with van der Waals surface area (Å²) < 4.78 is 13.7. The van der Waals surface area contributed by atoms with Crippen LogP contribution in [-0.4, -0.2) is 45.9 Å². The van der Waals surface area contributed by atoms with Crippen molar-refractivity contribution in [1.82, 2.24) is 20.0 Å². The molecule has 1 atom stereocenters. The van der Waals surface area contributed by atoms with Crippen LogP contribution in [0.3, 0.4) is 0 Å². The van der Waals surface area contributed by atoms with Gasteiger partial charge in [-0.3, -0.25) is 4.98 Å². The Labute approximate surface area is 125 Å². The number of nitrogens with zero attached hydrogens (tertiary/aromatic N) is 4. The van der Waals surface area contributed by atoms with Crippen LogP contribution in [0.5, 0.6) is 0 Å². The molecule has 3 heterocycles. The minimum absolute atomic E-state index is 0.229. The molecule has 106 valence electrons. The van der Waals surface area contributed by atoms with Gasteiger partial charge in [0.05, 0.1) is 32.1 Å². The molecule has 1 fully saturated rings. The third-order valence-electron chi connectivity index (χ3n) is 3.10. The van der Waals surface area contributed by atoms with E-state index in [4.69, 9.17) is 9.47 Å². The zero-order valence-electron chi connectivity index (χ0n) is 10.9. The first-order chi connectivity index (χ1) is 9.81. The number of ether oxygens (including phenoxy) is 2. The first-order valence-corrected chi connectivity index (χ1v) is 7.31. The van der Waals surface area contributed by atoms with Crippen molar-refractivity contribution in [3.8, 4) is 11.3 Å². The van der Waals surface area contributed by atoms with Crippen LogP contribution in [0.2, 0.25) is 0 Å². The molecule has 0 spiro atoms. The Hall–Kier alpha value is -1.31. The predicted molar refractivity (Wildman–Crippen MR) is 76.1 cm³/mol. The van der Waals surface area contributed by atoms with Crippen molar-refractivity contribution in [1.29, 1.82) is 0 Å². The number of pyridine rings is 1. The lowest BCUT2D eigenvalue weighted by Gasteiger charge is -2.08. The zero-order valence-corrected chi connectivity index (χ0v) is 12.5. The van der Waals surface area contributed by atoms with Crippen molar-refractivity contribution in [2.75, 3.05) is 19.8 Å².